The van der Waals surface area contributed by atoms with E-state index in [2.05, 4.69) is 82.3 Å². The van der Waals surface area contributed by atoms with Gasteiger partial charge in [0, 0.05) is 54.7 Å². The molecular formula is C29H46N2O2Si. The number of fused-ring (bicyclic) bond motifs is 4. The molecule has 1 N–H and O–H groups in total. The molecule has 7 atom stereocenters. The molecule has 3 unspecified atom stereocenters. The number of aromatic nitrogens is 1. The Morgan fingerprint density at radius 1 is 1.03 bits per heavy atom. The van der Waals surface area contributed by atoms with E-state index in [1.807, 2.05) is 6.92 Å². The van der Waals surface area contributed by atoms with Gasteiger partial charge < -0.3 is 14.1 Å². The average Bonchev–Trinajstić information content (AvgIpc) is 3.06. The molecular weight excluding hydrogens is 436 g/mol. The molecule has 0 spiro atoms. The Balaban J connectivity index is 1.53. The Labute approximate surface area is 207 Å². The standard InChI is InChI=1S/C29H46N2O2Si/c1-17(2)34(18(3)4,19(5)6)33-16-25-22-13-28-29-23(21-11-9-10-12-26(21)30(29)8)14-27(25)31(28)15-24(22)20(7)32/h9-12,17-20,22,24-25,27-28,32H,13-16H2,1-8H3/t20?,22-,24?,25-,27-,28-/m1/s1. The van der Waals surface area contributed by atoms with E-state index in [4.69, 9.17) is 4.43 Å². The molecule has 3 saturated heterocycles. The number of rotatable bonds is 7. The fraction of sp³-hybridized carbons (Fsp3) is 0.724. The van der Waals surface area contributed by atoms with Crippen molar-refractivity contribution in [2.45, 2.75) is 96.1 Å². The Morgan fingerprint density at radius 2 is 1.68 bits per heavy atom. The van der Waals surface area contributed by atoms with Crippen molar-refractivity contribution >= 4 is 19.2 Å². The van der Waals surface area contributed by atoms with E-state index in [0.717, 1.165) is 26.0 Å². The van der Waals surface area contributed by atoms with E-state index in [9.17, 15) is 5.11 Å². The normalized spacial score (nSPS) is 31.6. The van der Waals surface area contributed by atoms with Gasteiger partial charge in [-0.1, -0.05) is 59.7 Å². The summed E-state index contributed by atoms with van der Waals surface area (Å²) in [5, 5.41) is 12.2. The predicted octanol–water partition coefficient (Wildman–Crippen LogP) is 6.28. The number of benzene rings is 1. The third kappa shape index (κ3) is 3.41. The van der Waals surface area contributed by atoms with Gasteiger partial charge in [0.15, 0.2) is 8.32 Å². The molecule has 1 aromatic carbocycles. The topological polar surface area (TPSA) is 37.6 Å². The van der Waals surface area contributed by atoms with Crippen molar-refractivity contribution in [2.75, 3.05) is 13.2 Å². The maximum absolute atomic E-state index is 10.8. The highest BCUT2D eigenvalue weighted by atomic mass is 28.4. The second kappa shape index (κ2) is 8.76. The summed E-state index contributed by atoms with van der Waals surface area (Å²) in [6, 6.07) is 9.96. The number of aryl methyl sites for hydroxylation is 1. The highest BCUT2D eigenvalue weighted by Gasteiger charge is 2.57. The monoisotopic (exact) mass is 482 g/mol. The number of para-hydroxylation sites is 1. The van der Waals surface area contributed by atoms with Gasteiger partial charge in [-0.25, -0.2) is 0 Å². The van der Waals surface area contributed by atoms with Gasteiger partial charge in [0.25, 0.3) is 0 Å². The SMILES string of the molecule is CC(O)C1CN2[C@@H]3C[C@H]1[C@@H](CO[Si](C(C)C)(C(C)C)C(C)C)[C@H]2Cc1c3n(C)c2ccccc12. The van der Waals surface area contributed by atoms with Gasteiger partial charge in [0.1, 0.15) is 0 Å². The summed E-state index contributed by atoms with van der Waals surface area (Å²) in [6.45, 7) is 18.2. The number of nitrogens with zero attached hydrogens (tertiary/aromatic N) is 2. The lowest BCUT2D eigenvalue weighted by molar-refractivity contribution is -0.137. The zero-order chi connectivity index (χ0) is 24.5. The van der Waals surface area contributed by atoms with E-state index in [0.29, 0.717) is 46.5 Å². The Kier molecular flexibility index (Phi) is 6.32. The van der Waals surface area contributed by atoms with Gasteiger partial charge in [0.05, 0.1) is 12.1 Å². The number of hydrogen-bond acceptors (Lipinski definition) is 3. The lowest BCUT2D eigenvalue weighted by atomic mass is 9.61. The summed E-state index contributed by atoms with van der Waals surface area (Å²) >= 11 is 0. The molecule has 0 aliphatic carbocycles. The molecule has 0 saturated carbocycles. The van der Waals surface area contributed by atoms with Crippen LogP contribution in [0.5, 0.6) is 0 Å². The van der Waals surface area contributed by atoms with Gasteiger partial charge in [-0.15, -0.1) is 0 Å². The minimum atomic E-state index is -1.93. The Hall–Kier alpha value is -1.14. The van der Waals surface area contributed by atoms with Crippen molar-refractivity contribution in [1.82, 2.24) is 9.47 Å². The van der Waals surface area contributed by atoms with Crippen LogP contribution in [0.3, 0.4) is 0 Å². The van der Waals surface area contributed by atoms with Crippen LogP contribution >= 0.6 is 0 Å². The molecule has 34 heavy (non-hydrogen) atoms. The molecule has 4 aliphatic heterocycles. The summed E-state index contributed by atoms with van der Waals surface area (Å²) < 4.78 is 9.69. The molecule has 5 heterocycles. The largest absolute Gasteiger partial charge is 0.416 e. The van der Waals surface area contributed by atoms with Crippen LogP contribution in [0.1, 0.15) is 72.2 Å². The van der Waals surface area contributed by atoms with Gasteiger partial charge >= 0.3 is 0 Å². The highest BCUT2D eigenvalue weighted by Crippen LogP contribution is 2.56. The van der Waals surface area contributed by atoms with Crippen LogP contribution in [-0.4, -0.2) is 48.2 Å². The maximum Gasteiger partial charge on any atom is 0.200 e. The number of hydrogen-bond donors (Lipinski definition) is 1. The lowest BCUT2D eigenvalue weighted by Gasteiger charge is -2.61. The Bertz CT molecular complexity index is 1020. The predicted molar refractivity (Wildman–Crippen MR) is 144 cm³/mol. The zero-order valence-corrected chi connectivity index (χ0v) is 23.6. The molecule has 1 aromatic heterocycles. The molecule has 0 radical (unpaired) electrons. The van der Waals surface area contributed by atoms with Crippen LogP contribution < -0.4 is 0 Å². The van der Waals surface area contributed by atoms with E-state index < -0.39 is 8.32 Å². The van der Waals surface area contributed by atoms with Crippen molar-refractivity contribution in [3.05, 3.63) is 35.5 Å². The second-order valence-corrected chi connectivity index (χ2v) is 18.0. The first-order chi connectivity index (χ1) is 16.1. The van der Waals surface area contributed by atoms with Gasteiger partial charge in [0.2, 0.25) is 0 Å². The van der Waals surface area contributed by atoms with Crippen molar-refractivity contribution < 1.29 is 9.53 Å². The molecule has 6 rings (SSSR count). The minimum Gasteiger partial charge on any atom is -0.416 e. The maximum atomic E-state index is 10.8. The van der Waals surface area contributed by atoms with Gasteiger partial charge in [-0.3, -0.25) is 4.90 Å². The van der Waals surface area contributed by atoms with E-state index in [-0.39, 0.29) is 6.10 Å². The zero-order valence-electron chi connectivity index (χ0n) is 22.6. The molecule has 3 fully saturated rings. The third-order valence-electron chi connectivity index (χ3n) is 10.2. The first kappa shape index (κ1) is 24.5. The smallest absolute Gasteiger partial charge is 0.200 e. The van der Waals surface area contributed by atoms with E-state index >= 15 is 0 Å². The number of piperidine rings is 3. The van der Waals surface area contributed by atoms with Crippen molar-refractivity contribution in [3.8, 4) is 0 Å². The van der Waals surface area contributed by atoms with Crippen molar-refractivity contribution in [2.24, 2.45) is 24.8 Å². The van der Waals surface area contributed by atoms with Crippen molar-refractivity contribution in [3.63, 3.8) is 0 Å². The van der Waals surface area contributed by atoms with Crippen LogP contribution in [0.4, 0.5) is 0 Å². The number of aliphatic hydroxyl groups excluding tert-OH is 1. The molecule has 4 aliphatic rings. The summed E-state index contributed by atoms with van der Waals surface area (Å²) in [5.41, 5.74) is 6.27. The summed E-state index contributed by atoms with van der Waals surface area (Å²) in [5.74, 6) is 1.38. The third-order valence-corrected chi connectivity index (χ3v) is 16.3. The lowest BCUT2D eigenvalue weighted by Crippen LogP contribution is -2.65. The van der Waals surface area contributed by atoms with Crippen LogP contribution in [0, 0.1) is 17.8 Å². The van der Waals surface area contributed by atoms with Gasteiger partial charge in [-0.2, -0.15) is 0 Å². The fourth-order valence-corrected chi connectivity index (χ4v) is 14.3. The quantitative estimate of drug-likeness (QED) is 0.472. The first-order valence-corrected chi connectivity index (χ1v) is 15.9. The molecule has 5 heteroatoms. The van der Waals surface area contributed by atoms with Crippen molar-refractivity contribution in [1.29, 1.82) is 0 Å². The highest BCUT2D eigenvalue weighted by molar-refractivity contribution is 6.77. The fourth-order valence-electron chi connectivity index (χ4n) is 8.83. The van der Waals surface area contributed by atoms with Crippen LogP contribution in [-0.2, 0) is 17.9 Å². The summed E-state index contributed by atoms with van der Waals surface area (Å²) in [4.78, 5) is 2.77. The van der Waals surface area contributed by atoms with Crippen LogP contribution in [0.15, 0.2) is 24.3 Å². The van der Waals surface area contributed by atoms with Crippen LogP contribution in [0.2, 0.25) is 16.6 Å². The minimum absolute atomic E-state index is 0.259. The number of aliphatic hydroxyl groups is 1. The molecule has 188 valence electrons. The summed E-state index contributed by atoms with van der Waals surface area (Å²) in [7, 11) is 0.329. The molecule has 4 nitrogen and oxygen atoms in total. The van der Waals surface area contributed by atoms with Gasteiger partial charge in [-0.05, 0) is 53.9 Å². The Morgan fingerprint density at radius 3 is 2.29 bits per heavy atom. The van der Waals surface area contributed by atoms with E-state index in [1.54, 1.807) is 5.56 Å². The molecule has 4 bridgehead atoms. The average molecular weight is 483 g/mol. The van der Waals surface area contributed by atoms with E-state index in [1.165, 1.54) is 16.6 Å². The summed E-state index contributed by atoms with van der Waals surface area (Å²) in [6.07, 6.45) is 2.01. The van der Waals surface area contributed by atoms with Crippen LogP contribution in [0.25, 0.3) is 10.9 Å². The first-order valence-electron chi connectivity index (χ1n) is 13.7. The second-order valence-electron chi connectivity index (χ2n) is 12.5. The molecule has 0 amide bonds. The molecule has 2 aromatic rings.